The van der Waals surface area contributed by atoms with E-state index >= 15 is 0 Å². The Hall–Kier alpha value is -1.22. The number of anilines is 1. The van der Waals surface area contributed by atoms with Crippen molar-refractivity contribution in [1.82, 2.24) is 4.31 Å². The first kappa shape index (κ1) is 14.2. The van der Waals surface area contributed by atoms with Crippen LogP contribution in [0.15, 0.2) is 23.1 Å². The van der Waals surface area contributed by atoms with Crippen molar-refractivity contribution in [2.45, 2.75) is 17.7 Å². The summed E-state index contributed by atoms with van der Waals surface area (Å²) in [6, 6.07) is 4.30. The number of nitrogen functional groups attached to an aromatic ring is 1. The fourth-order valence-corrected chi connectivity index (χ4v) is 3.35. The molecule has 1 aliphatic carbocycles. The molecule has 0 heterocycles. The number of hydrogen-bond donors (Lipinski definition) is 1. The molecule has 2 rings (SSSR count). The molecule has 0 saturated heterocycles. The highest BCUT2D eigenvalue weighted by atomic mass is 35.5. The monoisotopic (exact) mass is 298 g/mol. The highest BCUT2D eigenvalue weighted by Gasteiger charge is 2.31. The van der Waals surface area contributed by atoms with E-state index in [-0.39, 0.29) is 17.1 Å². The zero-order valence-corrected chi connectivity index (χ0v) is 11.9. The van der Waals surface area contributed by atoms with Crippen LogP contribution in [0.1, 0.15) is 12.8 Å². The van der Waals surface area contributed by atoms with Crippen LogP contribution in [0.5, 0.6) is 0 Å². The molecule has 2 N–H and O–H groups in total. The second-order valence-corrected chi connectivity index (χ2v) is 6.97. The molecule has 6 heteroatoms. The third-order valence-corrected chi connectivity index (χ3v) is 5.18. The van der Waals surface area contributed by atoms with Crippen LogP contribution in [0, 0.1) is 18.3 Å². The maximum absolute atomic E-state index is 12.5. The van der Waals surface area contributed by atoms with E-state index < -0.39 is 10.0 Å². The van der Waals surface area contributed by atoms with Crippen LogP contribution in [0.3, 0.4) is 0 Å². The molecule has 1 aromatic carbocycles. The van der Waals surface area contributed by atoms with E-state index in [2.05, 4.69) is 5.92 Å². The molecule has 19 heavy (non-hydrogen) atoms. The lowest BCUT2D eigenvalue weighted by Crippen LogP contribution is -2.33. The SMILES string of the molecule is C#CCN(CC1CC1)S(=O)(=O)c1ccc(Cl)c(N)c1. The average Bonchev–Trinajstić information content (AvgIpc) is 3.16. The molecule has 0 radical (unpaired) electrons. The largest absolute Gasteiger partial charge is 0.397 e. The third kappa shape index (κ3) is 3.21. The van der Waals surface area contributed by atoms with E-state index in [4.69, 9.17) is 23.8 Å². The van der Waals surface area contributed by atoms with Gasteiger partial charge >= 0.3 is 0 Å². The normalized spacial score (nSPS) is 15.4. The van der Waals surface area contributed by atoms with Gasteiger partial charge in [0.05, 0.1) is 22.2 Å². The number of nitrogens with zero attached hydrogens (tertiary/aromatic N) is 1. The van der Waals surface area contributed by atoms with Gasteiger partial charge in [-0.15, -0.1) is 6.42 Å². The summed E-state index contributed by atoms with van der Waals surface area (Å²) in [5.41, 5.74) is 5.90. The average molecular weight is 299 g/mol. The van der Waals surface area contributed by atoms with Crippen molar-refractivity contribution in [2.75, 3.05) is 18.8 Å². The Morgan fingerprint density at radius 1 is 1.47 bits per heavy atom. The lowest BCUT2D eigenvalue weighted by Gasteiger charge is -2.20. The number of benzene rings is 1. The molecule has 0 aromatic heterocycles. The topological polar surface area (TPSA) is 63.4 Å². The van der Waals surface area contributed by atoms with Gasteiger partial charge in [-0.2, -0.15) is 4.31 Å². The smallest absolute Gasteiger partial charge is 0.244 e. The Morgan fingerprint density at radius 3 is 2.68 bits per heavy atom. The van der Waals surface area contributed by atoms with Gasteiger partial charge in [0.15, 0.2) is 0 Å². The predicted octanol–water partition coefficient (Wildman–Crippen LogP) is 1.96. The molecule has 1 aromatic rings. The first-order chi connectivity index (χ1) is 8.95. The lowest BCUT2D eigenvalue weighted by molar-refractivity contribution is 0.430. The Labute approximate surface area is 118 Å². The zero-order chi connectivity index (χ0) is 14.0. The standard InChI is InChI=1S/C13H15ClN2O2S/c1-2-7-16(9-10-3-4-10)19(17,18)11-5-6-12(14)13(15)8-11/h1,5-6,8,10H,3-4,7,9,15H2. The second-order valence-electron chi connectivity index (χ2n) is 4.63. The highest BCUT2D eigenvalue weighted by Crippen LogP contribution is 2.32. The molecule has 1 fully saturated rings. The van der Waals surface area contributed by atoms with Crippen LogP contribution in [0.2, 0.25) is 5.02 Å². The number of sulfonamides is 1. The summed E-state index contributed by atoms with van der Waals surface area (Å²) in [7, 11) is -3.61. The van der Waals surface area contributed by atoms with Crippen molar-refractivity contribution in [3.05, 3.63) is 23.2 Å². The molecule has 102 valence electrons. The third-order valence-electron chi connectivity index (χ3n) is 3.03. The number of hydrogen-bond acceptors (Lipinski definition) is 3. The van der Waals surface area contributed by atoms with Crippen molar-refractivity contribution in [2.24, 2.45) is 5.92 Å². The van der Waals surface area contributed by atoms with E-state index in [0.29, 0.717) is 17.5 Å². The molecule has 1 saturated carbocycles. The van der Waals surface area contributed by atoms with E-state index in [9.17, 15) is 8.42 Å². The van der Waals surface area contributed by atoms with Crippen molar-refractivity contribution in [1.29, 1.82) is 0 Å². The number of rotatable bonds is 5. The predicted molar refractivity (Wildman–Crippen MR) is 76.2 cm³/mol. The summed E-state index contributed by atoms with van der Waals surface area (Å²) >= 11 is 5.80. The summed E-state index contributed by atoms with van der Waals surface area (Å²) in [6.07, 6.45) is 7.36. The summed E-state index contributed by atoms with van der Waals surface area (Å²) < 4.78 is 26.3. The zero-order valence-electron chi connectivity index (χ0n) is 10.3. The van der Waals surface area contributed by atoms with Gasteiger partial charge in [0.25, 0.3) is 0 Å². The van der Waals surface area contributed by atoms with Gasteiger partial charge in [-0.3, -0.25) is 0 Å². The minimum absolute atomic E-state index is 0.0708. The second kappa shape index (κ2) is 5.41. The summed E-state index contributed by atoms with van der Waals surface area (Å²) in [6.45, 7) is 0.538. The van der Waals surface area contributed by atoms with E-state index in [1.165, 1.54) is 22.5 Å². The molecule has 1 aliphatic rings. The van der Waals surface area contributed by atoms with Gasteiger partial charge < -0.3 is 5.73 Å². The van der Waals surface area contributed by atoms with Gasteiger partial charge in [-0.05, 0) is 37.0 Å². The molecule has 0 spiro atoms. The number of halogens is 1. The molecule has 4 nitrogen and oxygen atoms in total. The van der Waals surface area contributed by atoms with Gasteiger partial charge in [-0.25, -0.2) is 8.42 Å². The van der Waals surface area contributed by atoms with E-state index in [1.54, 1.807) is 0 Å². The van der Waals surface area contributed by atoms with Crippen LogP contribution >= 0.6 is 11.6 Å². The number of nitrogens with two attached hydrogens (primary N) is 1. The Kier molecular flexibility index (Phi) is 4.04. The summed E-state index contributed by atoms with van der Waals surface area (Å²) in [4.78, 5) is 0.130. The van der Waals surface area contributed by atoms with Crippen LogP contribution in [-0.2, 0) is 10.0 Å². The molecule has 0 amide bonds. The molecule has 0 unspecified atom stereocenters. The van der Waals surface area contributed by atoms with Crippen molar-refractivity contribution < 1.29 is 8.42 Å². The van der Waals surface area contributed by atoms with Crippen LogP contribution < -0.4 is 5.73 Å². The first-order valence-electron chi connectivity index (χ1n) is 5.94. The highest BCUT2D eigenvalue weighted by molar-refractivity contribution is 7.89. The summed E-state index contributed by atoms with van der Waals surface area (Å²) in [5, 5.41) is 0.338. The van der Waals surface area contributed by atoms with Gasteiger partial charge in [0.1, 0.15) is 0 Å². The van der Waals surface area contributed by atoms with E-state index in [0.717, 1.165) is 12.8 Å². The fraction of sp³-hybridized carbons (Fsp3) is 0.385. The lowest BCUT2D eigenvalue weighted by atomic mass is 10.3. The molecular formula is C13H15ClN2O2S. The molecule has 0 bridgehead atoms. The minimum Gasteiger partial charge on any atom is -0.397 e. The first-order valence-corrected chi connectivity index (χ1v) is 7.75. The van der Waals surface area contributed by atoms with Crippen molar-refractivity contribution >= 4 is 27.3 Å². The molecule has 0 atom stereocenters. The molecule has 0 aliphatic heterocycles. The van der Waals surface area contributed by atoms with Crippen LogP contribution in [0.25, 0.3) is 0 Å². The maximum Gasteiger partial charge on any atom is 0.244 e. The fourth-order valence-electron chi connectivity index (χ4n) is 1.77. The Bertz CT molecular complexity index is 618. The van der Waals surface area contributed by atoms with Crippen LogP contribution in [0.4, 0.5) is 5.69 Å². The Morgan fingerprint density at radius 2 is 2.16 bits per heavy atom. The quantitative estimate of drug-likeness (QED) is 0.667. The Balaban J connectivity index is 2.32. The van der Waals surface area contributed by atoms with Gasteiger partial charge in [0, 0.05) is 6.54 Å². The van der Waals surface area contributed by atoms with E-state index in [1.807, 2.05) is 0 Å². The number of terminal acetylenes is 1. The van der Waals surface area contributed by atoms with Crippen molar-refractivity contribution in [3.8, 4) is 12.3 Å². The summed E-state index contributed by atoms with van der Waals surface area (Å²) in [5.74, 6) is 2.82. The van der Waals surface area contributed by atoms with Crippen LogP contribution in [-0.4, -0.2) is 25.8 Å². The minimum atomic E-state index is -3.61. The van der Waals surface area contributed by atoms with Crippen molar-refractivity contribution in [3.63, 3.8) is 0 Å². The van der Waals surface area contributed by atoms with Gasteiger partial charge in [-0.1, -0.05) is 17.5 Å². The molecular weight excluding hydrogens is 284 g/mol. The maximum atomic E-state index is 12.5. The van der Waals surface area contributed by atoms with Gasteiger partial charge in [0.2, 0.25) is 10.0 Å².